The normalized spacial score (nSPS) is 11.2. The standard InChI is InChI=1S/C20H18F2N4O3S/c1-12-8-15(18(21)22)25-20(24-12)30-11-14-9-13(5-6-16(14)28-2)10-23-26-19(27)17-4-3-7-29-17/h3-10,18H,11H2,1-2H3,(H,26,27)/b23-10+. The Hall–Kier alpha value is -3.27. The highest BCUT2D eigenvalue weighted by molar-refractivity contribution is 7.98. The molecular formula is C20H18F2N4O3S. The first kappa shape index (κ1) is 21.4. The van der Waals surface area contributed by atoms with E-state index in [1.54, 1.807) is 32.2 Å². The Morgan fingerprint density at radius 3 is 2.87 bits per heavy atom. The largest absolute Gasteiger partial charge is 0.496 e. The Morgan fingerprint density at radius 2 is 2.17 bits per heavy atom. The van der Waals surface area contributed by atoms with Crippen LogP contribution in [0.25, 0.3) is 0 Å². The van der Waals surface area contributed by atoms with Crippen LogP contribution in [-0.4, -0.2) is 29.2 Å². The summed E-state index contributed by atoms with van der Waals surface area (Å²) in [6.07, 6.45) is 0.220. The first-order valence-electron chi connectivity index (χ1n) is 8.76. The predicted molar refractivity (Wildman–Crippen MR) is 108 cm³/mol. The molecule has 0 fully saturated rings. The maximum absolute atomic E-state index is 13.0. The zero-order chi connectivity index (χ0) is 21.5. The number of hydrogen-bond donors (Lipinski definition) is 1. The Morgan fingerprint density at radius 1 is 1.33 bits per heavy atom. The molecule has 0 unspecified atom stereocenters. The molecule has 3 aromatic rings. The van der Waals surface area contributed by atoms with Crippen LogP contribution in [0.3, 0.4) is 0 Å². The van der Waals surface area contributed by atoms with E-state index in [0.717, 1.165) is 5.56 Å². The molecule has 0 bridgehead atoms. The maximum atomic E-state index is 13.0. The lowest BCUT2D eigenvalue weighted by Crippen LogP contribution is -2.16. The van der Waals surface area contributed by atoms with Gasteiger partial charge in [0, 0.05) is 17.0 Å². The molecule has 0 spiro atoms. The van der Waals surface area contributed by atoms with E-state index in [1.165, 1.54) is 36.4 Å². The first-order valence-corrected chi connectivity index (χ1v) is 9.75. The summed E-state index contributed by atoms with van der Waals surface area (Å²) in [6.45, 7) is 1.65. The van der Waals surface area contributed by atoms with Crippen LogP contribution in [-0.2, 0) is 5.75 Å². The van der Waals surface area contributed by atoms with Gasteiger partial charge in [0.1, 0.15) is 11.4 Å². The number of methoxy groups -OCH3 is 1. The Bertz CT molecular complexity index is 1040. The van der Waals surface area contributed by atoms with Gasteiger partial charge in [0.25, 0.3) is 6.43 Å². The number of carbonyl (C=O) groups is 1. The van der Waals surface area contributed by atoms with Gasteiger partial charge in [-0.05, 0) is 48.9 Å². The molecular weight excluding hydrogens is 414 g/mol. The van der Waals surface area contributed by atoms with Crippen LogP contribution >= 0.6 is 11.8 Å². The van der Waals surface area contributed by atoms with Crippen LogP contribution in [0.15, 0.2) is 57.3 Å². The molecule has 7 nitrogen and oxygen atoms in total. The number of amides is 1. The molecule has 0 aliphatic rings. The molecule has 2 heterocycles. The number of furan rings is 1. The Labute approximate surface area is 175 Å². The molecule has 0 saturated heterocycles. The Balaban J connectivity index is 1.70. The fourth-order valence-corrected chi connectivity index (χ4v) is 3.39. The fraction of sp³-hybridized carbons (Fsp3) is 0.200. The van der Waals surface area contributed by atoms with Crippen molar-refractivity contribution in [1.29, 1.82) is 0 Å². The lowest BCUT2D eigenvalue weighted by Gasteiger charge is -2.10. The number of aryl methyl sites for hydroxylation is 1. The number of halogens is 2. The van der Waals surface area contributed by atoms with Crippen molar-refractivity contribution in [3.8, 4) is 5.75 Å². The number of hydrazone groups is 1. The predicted octanol–water partition coefficient (Wildman–Crippen LogP) is 4.38. The SMILES string of the molecule is COc1ccc(/C=N/NC(=O)c2ccco2)cc1CSc1nc(C)cc(C(F)F)n1. The number of ether oxygens (including phenoxy) is 1. The van der Waals surface area contributed by atoms with E-state index in [-0.39, 0.29) is 16.6 Å². The highest BCUT2D eigenvalue weighted by Crippen LogP contribution is 2.28. The van der Waals surface area contributed by atoms with Gasteiger partial charge in [-0.25, -0.2) is 24.2 Å². The van der Waals surface area contributed by atoms with E-state index < -0.39 is 12.3 Å². The van der Waals surface area contributed by atoms with Gasteiger partial charge in [-0.3, -0.25) is 4.79 Å². The van der Waals surface area contributed by atoms with E-state index in [4.69, 9.17) is 9.15 Å². The van der Waals surface area contributed by atoms with Crippen molar-refractivity contribution in [3.05, 3.63) is 70.9 Å². The summed E-state index contributed by atoms with van der Waals surface area (Å²) in [5.41, 5.74) is 4.06. The molecule has 0 aliphatic carbocycles. The summed E-state index contributed by atoms with van der Waals surface area (Å²) in [5, 5.41) is 4.18. The monoisotopic (exact) mass is 432 g/mol. The number of hydrogen-bond acceptors (Lipinski definition) is 7. The van der Waals surface area contributed by atoms with Crippen molar-refractivity contribution >= 4 is 23.9 Å². The van der Waals surface area contributed by atoms with Crippen LogP contribution < -0.4 is 10.2 Å². The summed E-state index contributed by atoms with van der Waals surface area (Å²) < 4.78 is 36.3. The number of alkyl halides is 2. The van der Waals surface area contributed by atoms with Crippen LogP contribution in [0.4, 0.5) is 8.78 Å². The van der Waals surface area contributed by atoms with Crippen molar-refractivity contribution in [3.63, 3.8) is 0 Å². The second kappa shape index (κ2) is 9.97. The van der Waals surface area contributed by atoms with Crippen molar-refractivity contribution in [2.24, 2.45) is 5.10 Å². The molecule has 10 heteroatoms. The molecule has 30 heavy (non-hydrogen) atoms. The summed E-state index contributed by atoms with van der Waals surface area (Å²) >= 11 is 1.22. The summed E-state index contributed by atoms with van der Waals surface area (Å²) in [4.78, 5) is 19.9. The molecule has 0 atom stereocenters. The molecule has 1 aromatic carbocycles. The minimum Gasteiger partial charge on any atom is -0.496 e. The quantitative estimate of drug-likeness (QED) is 0.246. The van der Waals surface area contributed by atoms with Gasteiger partial charge in [0.15, 0.2) is 10.9 Å². The third-order valence-electron chi connectivity index (χ3n) is 3.86. The van der Waals surface area contributed by atoms with Gasteiger partial charge in [-0.15, -0.1) is 0 Å². The van der Waals surface area contributed by atoms with Gasteiger partial charge < -0.3 is 9.15 Å². The van der Waals surface area contributed by atoms with E-state index >= 15 is 0 Å². The first-order chi connectivity index (χ1) is 14.5. The van der Waals surface area contributed by atoms with Crippen molar-refractivity contribution in [2.75, 3.05) is 7.11 Å². The van der Waals surface area contributed by atoms with Crippen molar-refractivity contribution in [2.45, 2.75) is 24.3 Å². The topological polar surface area (TPSA) is 89.6 Å². The van der Waals surface area contributed by atoms with E-state index in [2.05, 4.69) is 20.5 Å². The van der Waals surface area contributed by atoms with Gasteiger partial charge in [-0.2, -0.15) is 5.10 Å². The number of aromatic nitrogens is 2. The number of nitrogens with zero attached hydrogens (tertiary/aromatic N) is 3. The number of carbonyl (C=O) groups excluding carboxylic acids is 1. The minimum absolute atomic E-state index is 0.153. The molecule has 0 radical (unpaired) electrons. The van der Waals surface area contributed by atoms with Crippen molar-refractivity contribution < 1.29 is 22.7 Å². The smallest absolute Gasteiger partial charge is 0.307 e. The molecule has 2 aromatic heterocycles. The summed E-state index contributed by atoms with van der Waals surface area (Å²) in [5.74, 6) is 0.712. The average Bonchev–Trinajstić information content (AvgIpc) is 3.27. The van der Waals surface area contributed by atoms with Crippen LogP contribution in [0.2, 0.25) is 0 Å². The third-order valence-corrected chi connectivity index (χ3v) is 4.76. The van der Waals surface area contributed by atoms with Gasteiger partial charge >= 0.3 is 5.91 Å². The zero-order valence-corrected chi connectivity index (χ0v) is 17.0. The van der Waals surface area contributed by atoms with Gasteiger partial charge in [0.05, 0.1) is 19.6 Å². The Kier molecular flexibility index (Phi) is 7.12. The highest BCUT2D eigenvalue weighted by atomic mass is 32.2. The molecule has 1 N–H and O–H groups in total. The van der Waals surface area contributed by atoms with Crippen LogP contribution in [0.5, 0.6) is 5.75 Å². The van der Waals surface area contributed by atoms with Crippen LogP contribution in [0.1, 0.15) is 39.5 Å². The molecule has 0 aliphatic heterocycles. The molecule has 3 rings (SSSR count). The maximum Gasteiger partial charge on any atom is 0.307 e. The molecule has 0 saturated carbocycles. The zero-order valence-electron chi connectivity index (χ0n) is 16.1. The van der Waals surface area contributed by atoms with Gasteiger partial charge in [-0.1, -0.05) is 11.8 Å². The minimum atomic E-state index is -2.66. The number of thioether (sulfide) groups is 1. The second-order valence-electron chi connectivity index (χ2n) is 6.05. The van der Waals surface area contributed by atoms with Gasteiger partial charge in [0.2, 0.25) is 0 Å². The summed E-state index contributed by atoms with van der Waals surface area (Å²) in [6, 6.07) is 9.75. The van der Waals surface area contributed by atoms with E-state index in [9.17, 15) is 13.6 Å². The third kappa shape index (κ3) is 5.63. The van der Waals surface area contributed by atoms with E-state index in [0.29, 0.717) is 22.8 Å². The number of rotatable bonds is 8. The van der Waals surface area contributed by atoms with E-state index in [1.807, 2.05) is 6.07 Å². The second-order valence-corrected chi connectivity index (χ2v) is 7.00. The summed E-state index contributed by atoms with van der Waals surface area (Å²) in [7, 11) is 1.54. The number of nitrogens with one attached hydrogen (secondary N) is 1. The average molecular weight is 432 g/mol. The van der Waals surface area contributed by atoms with Crippen LogP contribution in [0, 0.1) is 6.92 Å². The molecule has 1 amide bonds. The lowest BCUT2D eigenvalue weighted by atomic mass is 10.1. The lowest BCUT2D eigenvalue weighted by molar-refractivity contribution is 0.0927. The highest BCUT2D eigenvalue weighted by Gasteiger charge is 2.13. The molecule has 156 valence electrons. The number of benzene rings is 1. The van der Waals surface area contributed by atoms with Crippen molar-refractivity contribution in [1.82, 2.24) is 15.4 Å². The fourth-order valence-electron chi connectivity index (χ4n) is 2.50.